The Balaban J connectivity index is 2.55. The molecule has 1 atom stereocenters. The molecule has 2 rings (SSSR count). The van der Waals surface area contributed by atoms with E-state index in [0.717, 1.165) is 10.0 Å². The molecule has 0 bridgehead atoms. The predicted octanol–water partition coefficient (Wildman–Crippen LogP) is 4.34. The van der Waals surface area contributed by atoms with E-state index in [0.29, 0.717) is 11.1 Å². The highest BCUT2D eigenvalue weighted by molar-refractivity contribution is 9.10. The van der Waals surface area contributed by atoms with Crippen molar-refractivity contribution in [3.63, 3.8) is 0 Å². The fourth-order valence-electron chi connectivity index (χ4n) is 2.07. The second kappa shape index (κ2) is 5.80. The Morgan fingerprint density at radius 2 is 1.74 bits per heavy atom. The van der Waals surface area contributed by atoms with E-state index in [2.05, 4.69) is 21.2 Å². The Morgan fingerprint density at radius 1 is 1.05 bits per heavy atom. The number of hydrogen-bond donors (Lipinski definition) is 1. The molecule has 0 aliphatic rings. The molecule has 0 spiro atoms. The minimum Gasteiger partial charge on any atom is -0.309 e. The average Bonchev–Trinajstić information content (AvgIpc) is 2.38. The number of hydrogen-bond acceptors (Lipinski definition) is 1. The van der Waals surface area contributed by atoms with Gasteiger partial charge in [0, 0.05) is 10.0 Å². The second-order valence-electron chi connectivity index (χ2n) is 4.37. The number of benzene rings is 2. The molecule has 0 radical (unpaired) electrons. The van der Waals surface area contributed by atoms with Gasteiger partial charge in [-0.2, -0.15) is 0 Å². The van der Waals surface area contributed by atoms with Crippen LogP contribution in [0.1, 0.15) is 22.7 Å². The molecule has 19 heavy (non-hydrogen) atoms. The van der Waals surface area contributed by atoms with Crippen molar-refractivity contribution in [2.75, 3.05) is 7.05 Å². The maximum atomic E-state index is 14.1. The molecule has 1 N–H and O–H groups in total. The van der Waals surface area contributed by atoms with Crippen molar-refractivity contribution in [3.8, 4) is 0 Å². The Kier molecular flexibility index (Phi) is 4.32. The van der Waals surface area contributed by atoms with Gasteiger partial charge in [-0.25, -0.2) is 8.78 Å². The third kappa shape index (κ3) is 2.85. The summed E-state index contributed by atoms with van der Waals surface area (Å²) in [6.45, 7) is 1.55. The Labute approximate surface area is 119 Å². The molecule has 2 aromatic rings. The molecule has 2 aromatic carbocycles. The molecule has 1 nitrogen and oxygen atoms in total. The first-order chi connectivity index (χ1) is 9.04. The summed E-state index contributed by atoms with van der Waals surface area (Å²) in [6, 6.07) is 9.59. The van der Waals surface area contributed by atoms with Crippen LogP contribution in [0.25, 0.3) is 0 Å². The third-order valence-electron chi connectivity index (χ3n) is 3.09. The van der Waals surface area contributed by atoms with Crippen molar-refractivity contribution in [1.82, 2.24) is 5.32 Å². The highest BCUT2D eigenvalue weighted by atomic mass is 79.9. The average molecular weight is 326 g/mol. The van der Waals surface area contributed by atoms with Gasteiger partial charge in [0.25, 0.3) is 0 Å². The maximum absolute atomic E-state index is 14.1. The fourth-order valence-corrected chi connectivity index (χ4v) is 2.58. The van der Waals surface area contributed by atoms with Crippen LogP contribution in [-0.2, 0) is 0 Å². The Bertz CT molecular complexity index is 599. The van der Waals surface area contributed by atoms with Crippen molar-refractivity contribution >= 4 is 15.9 Å². The molecular weight excluding hydrogens is 312 g/mol. The Hall–Kier alpha value is -1.26. The summed E-state index contributed by atoms with van der Waals surface area (Å²) >= 11 is 3.44. The summed E-state index contributed by atoms with van der Waals surface area (Å²) in [5.74, 6) is -0.808. The summed E-state index contributed by atoms with van der Waals surface area (Å²) in [5, 5.41) is 3.03. The van der Waals surface area contributed by atoms with Crippen LogP contribution >= 0.6 is 15.9 Å². The lowest BCUT2D eigenvalue weighted by molar-refractivity contribution is 0.553. The molecule has 0 saturated carbocycles. The van der Waals surface area contributed by atoms with Crippen LogP contribution in [0.4, 0.5) is 8.78 Å². The minimum absolute atomic E-state index is 0.303. The van der Waals surface area contributed by atoms with Crippen LogP contribution in [0.3, 0.4) is 0 Å². The number of nitrogens with one attached hydrogen (secondary N) is 1. The molecule has 0 aliphatic heterocycles. The lowest BCUT2D eigenvalue weighted by atomic mass is 9.97. The highest BCUT2D eigenvalue weighted by Crippen LogP contribution is 2.30. The van der Waals surface area contributed by atoms with E-state index in [-0.39, 0.29) is 0 Å². The monoisotopic (exact) mass is 325 g/mol. The topological polar surface area (TPSA) is 12.0 Å². The van der Waals surface area contributed by atoms with Crippen molar-refractivity contribution in [2.24, 2.45) is 0 Å². The van der Waals surface area contributed by atoms with Gasteiger partial charge in [0.2, 0.25) is 0 Å². The minimum atomic E-state index is -0.408. The van der Waals surface area contributed by atoms with Crippen LogP contribution in [0.15, 0.2) is 40.9 Å². The van der Waals surface area contributed by atoms with E-state index >= 15 is 0 Å². The molecule has 4 heteroatoms. The Morgan fingerprint density at radius 3 is 2.37 bits per heavy atom. The number of aryl methyl sites for hydroxylation is 1. The molecule has 0 aromatic heterocycles. The van der Waals surface area contributed by atoms with Gasteiger partial charge in [-0.3, -0.25) is 0 Å². The molecular formula is C15H14BrF2N. The van der Waals surface area contributed by atoms with E-state index in [1.807, 2.05) is 24.3 Å². The second-order valence-corrected chi connectivity index (χ2v) is 5.22. The highest BCUT2D eigenvalue weighted by Gasteiger charge is 2.19. The van der Waals surface area contributed by atoms with Gasteiger partial charge in [-0.05, 0) is 43.3 Å². The normalized spacial score (nSPS) is 12.5. The smallest absolute Gasteiger partial charge is 0.128 e. The molecule has 0 saturated heterocycles. The van der Waals surface area contributed by atoms with Crippen molar-refractivity contribution in [3.05, 3.63) is 69.2 Å². The molecule has 0 amide bonds. The standard InChI is InChI=1S/C15H14BrF2N/c1-9-7-14(18)11(8-13(9)17)15(19-2)10-5-3-4-6-12(10)16/h3-8,15,19H,1-2H3. The molecule has 0 aliphatic carbocycles. The van der Waals surface area contributed by atoms with Gasteiger partial charge in [0.15, 0.2) is 0 Å². The number of halogens is 3. The van der Waals surface area contributed by atoms with Crippen LogP contribution in [0.2, 0.25) is 0 Å². The summed E-state index contributed by atoms with van der Waals surface area (Å²) in [4.78, 5) is 0. The van der Waals surface area contributed by atoms with Gasteiger partial charge in [-0.1, -0.05) is 34.1 Å². The van der Waals surface area contributed by atoms with Gasteiger partial charge >= 0.3 is 0 Å². The first kappa shape index (κ1) is 14.2. The zero-order valence-corrected chi connectivity index (χ0v) is 12.3. The van der Waals surface area contributed by atoms with E-state index in [1.54, 1.807) is 14.0 Å². The third-order valence-corrected chi connectivity index (χ3v) is 3.82. The van der Waals surface area contributed by atoms with Crippen LogP contribution in [-0.4, -0.2) is 7.05 Å². The molecule has 100 valence electrons. The largest absolute Gasteiger partial charge is 0.309 e. The van der Waals surface area contributed by atoms with Gasteiger partial charge in [0.1, 0.15) is 11.6 Å². The van der Waals surface area contributed by atoms with Crippen molar-refractivity contribution in [2.45, 2.75) is 13.0 Å². The van der Waals surface area contributed by atoms with Crippen LogP contribution in [0.5, 0.6) is 0 Å². The van der Waals surface area contributed by atoms with Gasteiger partial charge in [-0.15, -0.1) is 0 Å². The van der Waals surface area contributed by atoms with Gasteiger partial charge in [0.05, 0.1) is 6.04 Å². The predicted molar refractivity (Wildman–Crippen MR) is 76.1 cm³/mol. The molecule has 0 fully saturated rings. The van der Waals surface area contributed by atoms with Crippen LogP contribution in [0, 0.1) is 18.6 Å². The zero-order chi connectivity index (χ0) is 14.0. The van der Waals surface area contributed by atoms with Gasteiger partial charge < -0.3 is 5.32 Å². The summed E-state index contributed by atoms with van der Waals surface area (Å²) < 4.78 is 28.6. The fraction of sp³-hybridized carbons (Fsp3) is 0.200. The summed E-state index contributed by atoms with van der Waals surface area (Å²) in [7, 11) is 1.72. The molecule has 0 heterocycles. The van der Waals surface area contributed by atoms with E-state index in [4.69, 9.17) is 0 Å². The van der Waals surface area contributed by atoms with Crippen LogP contribution < -0.4 is 5.32 Å². The maximum Gasteiger partial charge on any atom is 0.128 e. The van der Waals surface area contributed by atoms with E-state index in [1.165, 1.54) is 12.1 Å². The summed E-state index contributed by atoms with van der Waals surface area (Å²) in [6.07, 6.45) is 0. The summed E-state index contributed by atoms with van der Waals surface area (Å²) in [5.41, 5.74) is 1.48. The first-order valence-corrected chi connectivity index (χ1v) is 6.71. The lowest BCUT2D eigenvalue weighted by Crippen LogP contribution is -2.19. The first-order valence-electron chi connectivity index (χ1n) is 5.92. The molecule has 1 unspecified atom stereocenters. The van der Waals surface area contributed by atoms with E-state index < -0.39 is 17.7 Å². The van der Waals surface area contributed by atoms with E-state index in [9.17, 15) is 8.78 Å². The number of rotatable bonds is 3. The van der Waals surface area contributed by atoms with Crippen molar-refractivity contribution in [1.29, 1.82) is 0 Å². The zero-order valence-electron chi connectivity index (χ0n) is 10.7. The quantitative estimate of drug-likeness (QED) is 0.884. The SMILES string of the molecule is CNC(c1cc(F)c(C)cc1F)c1ccccc1Br. The lowest BCUT2D eigenvalue weighted by Gasteiger charge is -2.20. The van der Waals surface area contributed by atoms with Crippen molar-refractivity contribution < 1.29 is 8.78 Å².